The van der Waals surface area contributed by atoms with Crippen molar-refractivity contribution in [2.75, 3.05) is 7.05 Å². The number of hydrogen-bond donors (Lipinski definition) is 2. The molecule has 0 saturated carbocycles. The number of carbonyl (C=O) groups is 1. The fraction of sp³-hybridized carbons (Fsp3) is 0.857. The molecule has 0 aliphatic rings. The van der Waals surface area contributed by atoms with Crippen molar-refractivity contribution in [3.05, 3.63) is 0 Å². The van der Waals surface area contributed by atoms with Crippen molar-refractivity contribution in [1.82, 2.24) is 5.32 Å². The summed E-state index contributed by atoms with van der Waals surface area (Å²) in [6, 6.07) is 0. The van der Waals surface area contributed by atoms with Crippen LogP contribution in [0.25, 0.3) is 0 Å². The minimum atomic E-state index is -4.31. The zero-order valence-corrected chi connectivity index (χ0v) is 8.63. The fourth-order valence-electron chi connectivity index (χ4n) is 0.731. The first-order chi connectivity index (χ1) is 5.71. The second-order valence-electron chi connectivity index (χ2n) is 3.00. The Kier molecular flexibility index (Phi) is 6.16. The molecule has 7 heteroatoms. The van der Waals surface area contributed by atoms with Crippen LogP contribution >= 0.6 is 12.4 Å². The molecule has 0 aromatic rings. The Morgan fingerprint density at radius 2 is 1.79 bits per heavy atom. The lowest BCUT2D eigenvalue weighted by molar-refractivity contribution is -0.151. The van der Waals surface area contributed by atoms with Crippen LogP contribution in [-0.2, 0) is 4.79 Å². The van der Waals surface area contributed by atoms with Crippen molar-refractivity contribution in [3.63, 3.8) is 0 Å². The van der Waals surface area contributed by atoms with E-state index in [-0.39, 0.29) is 12.4 Å². The molecular formula is C7H13ClF3NO2. The van der Waals surface area contributed by atoms with Crippen molar-refractivity contribution in [1.29, 1.82) is 0 Å². The van der Waals surface area contributed by atoms with Gasteiger partial charge in [-0.15, -0.1) is 12.4 Å². The van der Waals surface area contributed by atoms with Crippen LogP contribution in [0.15, 0.2) is 0 Å². The summed E-state index contributed by atoms with van der Waals surface area (Å²) in [4.78, 5) is 10.5. The van der Waals surface area contributed by atoms with Crippen molar-refractivity contribution in [2.45, 2.75) is 31.5 Å². The van der Waals surface area contributed by atoms with Gasteiger partial charge in [0.15, 0.2) is 0 Å². The number of hydrogen-bond acceptors (Lipinski definition) is 2. The molecule has 0 aliphatic heterocycles. The molecule has 0 rings (SSSR count). The molecule has 3 nitrogen and oxygen atoms in total. The third-order valence-corrected chi connectivity index (χ3v) is 1.93. The maximum atomic E-state index is 11.8. The maximum Gasteiger partial charge on any atom is 0.389 e. The van der Waals surface area contributed by atoms with Gasteiger partial charge in [-0.2, -0.15) is 13.2 Å². The lowest BCUT2D eigenvalue weighted by atomic mass is 9.96. The number of carboxylic acids is 1. The SMILES string of the molecule is CN[C@@](C)(CCC(F)(F)F)C(=O)O.Cl. The van der Waals surface area contributed by atoms with E-state index >= 15 is 0 Å². The van der Waals surface area contributed by atoms with Gasteiger partial charge >= 0.3 is 12.1 Å². The molecule has 0 aliphatic carbocycles. The number of carboxylic acid groups (broad SMARTS) is 1. The van der Waals surface area contributed by atoms with E-state index in [0.29, 0.717) is 0 Å². The largest absolute Gasteiger partial charge is 0.480 e. The minimum Gasteiger partial charge on any atom is -0.480 e. The zero-order chi connectivity index (χ0) is 10.7. The van der Waals surface area contributed by atoms with Gasteiger partial charge in [-0.3, -0.25) is 4.79 Å². The third kappa shape index (κ3) is 5.29. The first-order valence-electron chi connectivity index (χ1n) is 3.70. The summed E-state index contributed by atoms with van der Waals surface area (Å²) in [5, 5.41) is 11.0. The molecule has 0 saturated heterocycles. The van der Waals surface area contributed by atoms with E-state index in [0.717, 1.165) is 0 Å². The van der Waals surface area contributed by atoms with Gasteiger partial charge in [-0.05, 0) is 20.4 Å². The number of rotatable bonds is 4. The highest BCUT2D eigenvalue weighted by atomic mass is 35.5. The quantitative estimate of drug-likeness (QED) is 0.781. The summed E-state index contributed by atoms with van der Waals surface area (Å²) < 4.78 is 35.3. The molecule has 0 heterocycles. The fourth-order valence-corrected chi connectivity index (χ4v) is 0.731. The van der Waals surface area contributed by atoms with Gasteiger partial charge in [0.05, 0.1) is 0 Å². The number of likely N-dealkylation sites (N-methyl/N-ethyl adjacent to an activating group) is 1. The average Bonchev–Trinajstić information content (AvgIpc) is 1.98. The molecule has 0 aromatic carbocycles. The Morgan fingerprint density at radius 3 is 2.00 bits per heavy atom. The summed E-state index contributed by atoms with van der Waals surface area (Å²) >= 11 is 0. The Labute approximate surface area is 86.1 Å². The zero-order valence-electron chi connectivity index (χ0n) is 7.81. The molecule has 0 aromatic heterocycles. The third-order valence-electron chi connectivity index (χ3n) is 1.93. The van der Waals surface area contributed by atoms with E-state index < -0.39 is 30.5 Å². The van der Waals surface area contributed by atoms with E-state index in [1.165, 1.54) is 14.0 Å². The monoisotopic (exact) mass is 235 g/mol. The van der Waals surface area contributed by atoms with Crippen LogP contribution < -0.4 is 5.32 Å². The molecule has 0 radical (unpaired) electrons. The highest BCUT2D eigenvalue weighted by molar-refractivity contribution is 5.85. The predicted octanol–water partition coefficient (Wildman–Crippen LogP) is 1.81. The maximum absolute atomic E-state index is 11.8. The van der Waals surface area contributed by atoms with Gasteiger partial charge in [0.2, 0.25) is 0 Å². The minimum absolute atomic E-state index is 0. The van der Waals surface area contributed by atoms with E-state index in [1.807, 2.05) is 0 Å². The molecule has 2 N–H and O–H groups in total. The Balaban J connectivity index is 0. The molecule has 14 heavy (non-hydrogen) atoms. The summed E-state index contributed by atoms with van der Waals surface area (Å²) in [7, 11) is 1.32. The molecule has 0 spiro atoms. The van der Waals surface area contributed by atoms with Crippen molar-refractivity contribution in [2.24, 2.45) is 0 Å². The lowest BCUT2D eigenvalue weighted by Crippen LogP contribution is -2.48. The molecule has 0 amide bonds. The van der Waals surface area contributed by atoms with Gasteiger partial charge in [0.25, 0.3) is 0 Å². The summed E-state index contributed by atoms with van der Waals surface area (Å²) in [5.41, 5.74) is -1.50. The predicted molar refractivity (Wildman–Crippen MR) is 47.6 cm³/mol. The Hall–Kier alpha value is -0.490. The van der Waals surface area contributed by atoms with Crippen LogP contribution in [-0.4, -0.2) is 29.8 Å². The normalized spacial score (nSPS) is 15.5. The second kappa shape index (κ2) is 5.41. The Morgan fingerprint density at radius 1 is 1.36 bits per heavy atom. The summed E-state index contributed by atoms with van der Waals surface area (Å²) in [5.74, 6) is -1.28. The van der Waals surface area contributed by atoms with Crippen LogP contribution in [0.4, 0.5) is 13.2 Å². The molecule has 0 fully saturated rings. The van der Waals surface area contributed by atoms with Crippen molar-refractivity contribution < 1.29 is 23.1 Å². The summed E-state index contributed by atoms with van der Waals surface area (Å²) in [6.07, 6.45) is -5.88. The van der Waals surface area contributed by atoms with Crippen LogP contribution in [0.3, 0.4) is 0 Å². The van der Waals surface area contributed by atoms with Gasteiger partial charge in [0, 0.05) is 6.42 Å². The average molecular weight is 236 g/mol. The molecule has 1 atom stereocenters. The van der Waals surface area contributed by atoms with Gasteiger partial charge in [-0.25, -0.2) is 0 Å². The Bertz CT molecular complexity index is 198. The molecular weight excluding hydrogens is 223 g/mol. The van der Waals surface area contributed by atoms with Gasteiger partial charge < -0.3 is 10.4 Å². The van der Waals surface area contributed by atoms with E-state index in [2.05, 4.69) is 5.32 Å². The van der Waals surface area contributed by atoms with Crippen molar-refractivity contribution >= 4 is 18.4 Å². The number of nitrogens with one attached hydrogen (secondary N) is 1. The number of aliphatic carboxylic acids is 1. The first kappa shape index (κ1) is 16.0. The van der Waals surface area contributed by atoms with Crippen molar-refractivity contribution in [3.8, 4) is 0 Å². The van der Waals surface area contributed by atoms with E-state index in [4.69, 9.17) is 5.11 Å². The molecule has 0 unspecified atom stereocenters. The van der Waals surface area contributed by atoms with Crippen LogP contribution in [0.2, 0.25) is 0 Å². The molecule has 0 bridgehead atoms. The van der Waals surface area contributed by atoms with Crippen LogP contribution in [0.5, 0.6) is 0 Å². The summed E-state index contributed by atoms with van der Waals surface area (Å²) in [6.45, 7) is 1.22. The lowest BCUT2D eigenvalue weighted by Gasteiger charge is -2.24. The first-order valence-corrected chi connectivity index (χ1v) is 3.70. The highest BCUT2D eigenvalue weighted by Crippen LogP contribution is 2.25. The van der Waals surface area contributed by atoms with Crippen LogP contribution in [0.1, 0.15) is 19.8 Å². The second-order valence-corrected chi connectivity index (χ2v) is 3.00. The highest BCUT2D eigenvalue weighted by Gasteiger charge is 2.37. The molecule has 86 valence electrons. The van der Waals surface area contributed by atoms with Gasteiger partial charge in [-0.1, -0.05) is 0 Å². The van der Waals surface area contributed by atoms with Crippen LogP contribution in [0, 0.1) is 0 Å². The van der Waals surface area contributed by atoms with E-state index in [9.17, 15) is 18.0 Å². The topological polar surface area (TPSA) is 49.3 Å². The number of halogens is 4. The van der Waals surface area contributed by atoms with Gasteiger partial charge in [0.1, 0.15) is 5.54 Å². The smallest absolute Gasteiger partial charge is 0.389 e. The standard InChI is InChI=1S/C7H12F3NO2.ClH/c1-6(11-2,5(12)13)3-4-7(8,9)10;/h11H,3-4H2,1-2H3,(H,12,13);1H/t6-;/m0./s1. The van der Waals surface area contributed by atoms with E-state index in [1.54, 1.807) is 0 Å². The number of alkyl halides is 3.